The van der Waals surface area contributed by atoms with Crippen molar-refractivity contribution >= 4 is 5.96 Å². The summed E-state index contributed by atoms with van der Waals surface area (Å²) in [5.74, 6) is 0.847. The third-order valence-electron chi connectivity index (χ3n) is 2.83. The lowest BCUT2D eigenvalue weighted by Gasteiger charge is -2.12. The summed E-state index contributed by atoms with van der Waals surface area (Å²) in [6.07, 6.45) is 5.14. The summed E-state index contributed by atoms with van der Waals surface area (Å²) in [5, 5.41) is 2.22. The number of hydrogen-bond acceptors (Lipinski definition) is 1. The van der Waals surface area contributed by atoms with Gasteiger partial charge in [0.25, 0.3) is 0 Å². The van der Waals surface area contributed by atoms with E-state index in [1.807, 2.05) is 0 Å². The largest absolute Gasteiger partial charge is 0.360 e. The third-order valence-corrected chi connectivity index (χ3v) is 2.83. The quantitative estimate of drug-likeness (QED) is 0.433. The number of hydrazine groups is 1. The second-order valence-electron chi connectivity index (χ2n) is 3.89. The van der Waals surface area contributed by atoms with E-state index in [0.29, 0.717) is 0 Å². The molecule has 2 rings (SSSR count). The van der Waals surface area contributed by atoms with Gasteiger partial charge in [-0.2, -0.15) is 5.01 Å². The molecule has 2 aliphatic rings. The van der Waals surface area contributed by atoms with E-state index in [0.717, 1.165) is 32.1 Å². The van der Waals surface area contributed by atoms with Gasteiger partial charge < -0.3 is 0 Å². The highest BCUT2D eigenvalue weighted by molar-refractivity contribution is 5.72. The van der Waals surface area contributed by atoms with Gasteiger partial charge in [-0.1, -0.05) is 0 Å². The molecule has 2 aliphatic heterocycles. The Morgan fingerprint density at radius 2 is 1.69 bits per heavy atom. The van der Waals surface area contributed by atoms with Crippen molar-refractivity contribution in [3.05, 3.63) is 0 Å². The predicted molar refractivity (Wildman–Crippen MR) is 52.4 cm³/mol. The Bertz CT molecular complexity index is 198. The average molecular weight is 183 g/mol. The minimum atomic E-state index is 0.847. The molecule has 0 saturated carbocycles. The first-order valence-corrected chi connectivity index (χ1v) is 5.25. The molecule has 13 heavy (non-hydrogen) atoms. The summed E-state index contributed by atoms with van der Waals surface area (Å²) >= 11 is 0. The highest BCUT2D eigenvalue weighted by atomic mass is 15.5. The molecule has 0 atom stereocenters. The van der Waals surface area contributed by atoms with Crippen molar-refractivity contribution < 1.29 is 4.58 Å². The zero-order chi connectivity index (χ0) is 9.10. The van der Waals surface area contributed by atoms with Crippen molar-refractivity contribution in [2.45, 2.75) is 25.7 Å². The van der Waals surface area contributed by atoms with Gasteiger partial charge in [0.1, 0.15) is 0 Å². The number of nitrogens with one attached hydrogen (secondary N) is 1. The van der Waals surface area contributed by atoms with Crippen LogP contribution in [-0.2, 0) is 0 Å². The highest BCUT2D eigenvalue weighted by Gasteiger charge is 2.19. The molecule has 0 aromatic rings. The fourth-order valence-electron chi connectivity index (χ4n) is 2.02. The Morgan fingerprint density at radius 3 is 2.31 bits per heavy atom. The smallest absolute Gasteiger partial charge is 0.289 e. The van der Waals surface area contributed by atoms with E-state index < -0.39 is 0 Å². The van der Waals surface area contributed by atoms with Crippen LogP contribution in [0.4, 0.5) is 0 Å². The Labute approximate surface area is 79.4 Å². The Balaban J connectivity index is 1.88. The SMILES string of the molecule is NC(NN1CCCC1)=[N+]1CCCC1. The van der Waals surface area contributed by atoms with Gasteiger partial charge in [-0.3, -0.25) is 10.3 Å². The number of hydrogen-bond donors (Lipinski definition) is 2. The van der Waals surface area contributed by atoms with Gasteiger partial charge in [0, 0.05) is 13.1 Å². The van der Waals surface area contributed by atoms with E-state index in [4.69, 9.17) is 5.73 Å². The van der Waals surface area contributed by atoms with Gasteiger partial charge in [-0.15, -0.1) is 0 Å². The first kappa shape index (κ1) is 8.81. The number of nitrogens with two attached hydrogens (primary N) is 1. The van der Waals surface area contributed by atoms with Crippen LogP contribution in [0.15, 0.2) is 0 Å². The van der Waals surface area contributed by atoms with Crippen molar-refractivity contribution in [1.82, 2.24) is 10.4 Å². The highest BCUT2D eigenvalue weighted by Crippen LogP contribution is 2.04. The van der Waals surface area contributed by atoms with Gasteiger partial charge >= 0.3 is 5.96 Å². The summed E-state index contributed by atoms with van der Waals surface area (Å²) < 4.78 is 2.23. The van der Waals surface area contributed by atoms with Crippen molar-refractivity contribution in [3.8, 4) is 0 Å². The molecule has 0 spiro atoms. The number of guanidine groups is 1. The minimum Gasteiger partial charge on any atom is -0.289 e. The standard InChI is InChI=1S/C9H18N4/c10-9(12-5-1-2-6-12)11-13-7-3-4-8-13/h1-8H2,(H2,10,11)/p+1. The third kappa shape index (κ3) is 2.12. The second kappa shape index (κ2) is 3.96. The zero-order valence-corrected chi connectivity index (χ0v) is 8.13. The summed E-state index contributed by atoms with van der Waals surface area (Å²) in [7, 11) is 0. The van der Waals surface area contributed by atoms with Crippen LogP contribution in [0, 0.1) is 0 Å². The first-order chi connectivity index (χ1) is 6.36. The molecule has 0 unspecified atom stereocenters. The Kier molecular flexibility index (Phi) is 2.68. The van der Waals surface area contributed by atoms with Crippen LogP contribution >= 0.6 is 0 Å². The lowest BCUT2D eigenvalue weighted by molar-refractivity contribution is -0.510. The van der Waals surface area contributed by atoms with Gasteiger partial charge in [-0.25, -0.2) is 5.43 Å². The monoisotopic (exact) mass is 183 g/mol. The molecule has 3 N–H and O–H groups in total. The van der Waals surface area contributed by atoms with Crippen molar-refractivity contribution in [2.24, 2.45) is 5.73 Å². The second-order valence-corrected chi connectivity index (χ2v) is 3.89. The van der Waals surface area contributed by atoms with E-state index >= 15 is 0 Å². The van der Waals surface area contributed by atoms with Crippen molar-refractivity contribution in [3.63, 3.8) is 0 Å². The van der Waals surface area contributed by atoms with Crippen LogP contribution in [0.25, 0.3) is 0 Å². The molecule has 2 saturated heterocycles. The van der Waals surface area contributed by atoms with Crippen LogP contribution < -0.4 is 11.2 Å². The molecule has 0 bridgehead atoms. The van der Waals surface area contributed by atoms with Gasteiger partial charge in [0.2, 0.25) is 0 Å². The average Bonchev–Trinajstić information content (AvgIpc) is 2.74. The van der Waals surface area contributed by atoms with Crippen LogP contribution in [0.1, 0.15) is 25.7 Å². The van der Waals surface area contributed by atoms with E-state index in [2.05, 4.69) is 15.0 Å². The van der Waals surface area contributed by atoms with Gasteiger partial charge in [-0.05, 0) is 25.7 Å². The number of nitrogens with zero attached hydrogens (tertiary/aromatic N) is 2. The fraction of sp³-hybridized carbons (Fsp3) is 0.889. The molecule has 74 valence electrons. The normalized spacial score (nSPS) is 23.8. The van der Waals surface area contributed by atoms with Crippen LogP contribution in [0.5, 0.6) is 0 Å². The van der Waals surface area contributed by atoms with Crippen molar-refractivity contribution in [2.75, 3.05) is 26.2 Å². The molecule has 2 fully saturated rings. The molecular weight excluding hydrogens is 164 g/mol. The molecular formula is C9H19N4+. The summed E-state index contributed by atoms with van der Waals surface area (Å²) in [6, 6.07) is 0. The number of rotatable bonds is 1. The molecule has 4 nitrogen and oxygen atoms in total. The molecule has 0 aliphatic carbocycles. The lowest BCUT2D eigenvalue weighted by Crippen LogP contribution is -2.48. The fourth-order valence-corrected chi connectivity index (χ4v) is 2.02. The maximum atomic E-state index is 5.95. The van der Waals surface area contributed by atoms with Crippen LogP contribution in [0.3, 0.4) is 0 Å². The molecule has 4 heteroatoms. The maximum Gasteiger partial charge on any atom is 0.360 e. The van der Waals surface area contributed by atoms with E-state index in [9.17, 15) is 0 Å². The predicted octanol–water partition coefficient (Wildman–Crippen LogP) is -0.292. The molecule has 2 heterocycles. The Morgan fingerprint density at radius 1 is 1.08 bits per heavy atom. The molecule has 0 radical (unpaired) electrons. The molecule has 0 amide bonds. The Hall–Kier alpha value is -0.770. The van der Waals surface area contributed by atoms with E-state index in [1.165, 1.54) is 25.7 Å². The molecule has 0 aromatic heterocycles. The lowest BCUT2D eigenvalue weighted by atomic mass is 10.4. The topological polar surface area (TPSA) is 44.3 Å². The van der Waals surface area contributed by atoms with Crippen LogP contribution in [0.2, 0.25) is 0 Å². The summed E-state index contributed by atoms with van der Waals surface area (Å²) in [4.78, 5) is 0. The van der Waals surface area contributed by atoms with Gasteiger partial charge in [0.05, 0.1) is 13.1 Å². The molecule has 0 aromatic carbocycles. The summed E-state index contributed by atoms with van der Waals surface area (Å²) in [6.45, 7) is 4.50. The van der Waals surface area contributed by atoms with Gasteiger partial charge in [0.15, 0.2) is 0 Å². The van der Waals surface area contributed by atoms with Crippen LogP contribution in [-0.4, -0.2) is 41.7 Å². The van der Waals surface area contributed by atoms with E-state index in [-0.39, 0.29) is 0 Å². The zero-order valence-electron chi connectivity index (χ0n) is 8.13. The minimum absolute atomic E-state index is 0.847. The maximum absolute atomic E-state index is 5.95. The van der Waals surface area contributed by atoms with Crippen molar-refractivity contribution in [1.29, 1.82) is 0 Å². The first-order valence-electron chi connectivity index (χ1n) is 5.25. The summed E-state index contributed by atoms with van der Waals surface area (Å²) in [5.41, 5.74) is 9.22. The van der Waals surface area contributed by atoms with E-state index in [1.54, 1.807) is 0 Å².